The van der Waals surface area contributed by atoms with Crippen LogP contribution in [0.2, 0.25) is 0 Å². The first kappa shape index (κ1) is 25.8. The van der Waals surface area contributed by atoms with E-state index in [0.29, 0.717) is 5.75 Å². The van der Waals surface area contributed by atoms with Crippen molar-refractivity contribution in [3.05, 3.63) is 76.5 Å². The first-order chi connectivity index (χ1) is 17.1. The molecule has 3 aromatic rings. The molecule has 0 amide bonds. The lowest BCUT2D eigenvalue weighted by Gasteiger charge is -2.19. The molecule has 1 unspecified atom stereocenters. The zero-order chi connectivity index (χ0) is 25.9. The van der Waals surface area contributed by atoms with Gasteiger partial charge in [-0.1, -0.05) is 36.3 Å². The van der Waals surface area contributed by atoms with E-state index in [2.05, 4.69) is 15.8 Å². The molecule has 0 fully saturated rings. The number of nitrogens with one attached hydrogen (secondary N) is 1. The van der Waals surface area contributed by atoms with Crippen LogP contribution in [0.4, 0.5) is 5.82 Å². The quantitative estimate of drug-likeness (QED) is 0.379. The third kappa shape index (κ3) is 5.92. The van der Waals surface area contributed by atoms with Crippen LogP contribution < -0.4 is 15.2 Å². The number of aromatic nitrogens is 2. The molecule has 1 aliphatic rings. The number of nitrogen functional groups attached to an aromatic ring is 1. The van der Waals surface area contributed by atoms with Crippen molar-refractivity contribution < 1.29 is 18.3 Å². The molecule has 1 atom stereocenters. The molecule has 1 aliphatic carbocycles. The number of nitrogens with two attached hydrogens (primary N) is 1. The number of pyridine rings is 2. The number of benzene rings is 1. The molecule has 1 aromatic carbocycles. The summed E-state index contributed by atoms with van der Waals surface area (Å²) in [4.78, 5) is 8.61. The lowest BCUT2D eigenvalue weighted by Crippen LogP contribution is -2.29. The van der Waals surface area contributed by atoms with E-state index in [1.807, 2.05) is 32.9 Å². The Labute approximate surface area is 212 Å². The lowest BCUT2D eigenvalue weighted by atomic mass is 10.1. The Bertz CT molecular complexity index is 1380. The monoisotopic (exact) mass is 508 g/mol. The van der Waals surface area contributed by atoms with Gasteiger partial charge in [0.2, 0.25) is 5.88 Å². The number of rotatable bonds is 7. The average molecular weight is 509 g/mol. The van der Waals surface area contributed by atoms with Crippen LogP contribution in [-0.4, -0.2) is 23.5 Å². The van der Waals surface area contributed by atoms with E-state index in [9.17, 15) is 13.5 Å². The van der Waals surface area contributed by atoms with Crippen molar-refractivity contribution in [1.29, 1.82) is 0 Å². The van der Waals surface area contributed by atoms with Gasteiger partial charge in [0.25, 0.3) is 10.0 Å². The van der Waals surface area contributed by atoms with Crippen LogP contribution in [0.5, 0.6) is 11.6 Å². The Morgan fingerprint density at radius 3 is 2.50 bits per heavy atom. The summed E-state index contributed by atoms with van der Waals surface area (Å²) >= 11 is 0. The van der Waals surface area contributed by atoms with Crippen molar-refractivity contribution in [3.63, 3.8) is 0 Å². The number of nitrogens with zero attached hydrogens (tertiary/aromatic N) is 2. The number of ether oxygens (including phenoxy) is 1. The highest BCUT2D eigenvalue weighted by Gasteiger charge is 2.25. The molecule has 2 heterocycles. The minimum atomic E-state index is -4.16. The molecule has 0 saturated heterocycles. The molecular weight excluding hydrogens is 476 g/mol. The number of hydrogen-bond donors (Lipinski definition) is 3. The van der Waals surface area contributed by atoms with Crippen LogP contribution >= 0.6 is 0 Å². The summed E-state index contributed by atoms with van der Waals surface area (Å²) in [5, 5.41) is 10.7. The second kappa shape index (κ2) is 10.8. The SMILES string of the molecule is Cc1cc(C)c(Oc2nc(C3=CCCCCC3)ccc2C(O)NS(=O)(=O)c2cccc(N)n2)c(C)c1. The lowest BCUT2D eigenvalue weighted by molar-refractivity contribution is 0.162. The Balaban J connectivity index is 1.74. The van der Waals surface area contributed by atoms with Crippen LogP contribution in [-0.2, 0) is 10.0 Å². The van der Waals surface area contributed by atoms with Gasteiger partial charge >= 0.3 is 0 Å². The highest BCUT2D eigenvalue weighted by Crippen LogP contribution is 2.35. The van der Waals surface area contributed by atoms with Gasteiger partial charge in [-0.05, 0) is 87.4 Å². The summed E-state index contributed by atoms with van der Waals surface area (Å²) in [7, 11) is -4.16. The summed E-state index contributed by atoms with van der Waals surface area (Å²) < 4.78 is 34.3. The zero-order valence-corrected chi connectivity index (χ0v) is 21.6. The number of allylic oxidation sites excluding steroid dienone is 2. The van der Waals surface area contributed by atoms with Crippen molar-refractivity contribution in [2.24, 2.45) is 0 Å². The molecule has 2 aromatic heterocycles. The second-order valence-electron chi connectivity index (χ2n) is 9.17. The van der Waals surface area contributed by atoms with Gasteiger partial charge in [-0.25, -0.2) is 18.4 Å². The zero-order valence-electron chi connectivity index (χ0n) is 20.8. The van der Waals surface area contributed by atoms with Crippen molar-refractivity contribution in [1.82, 2.24) is 14.7 Å². The van der Waals surface area contributed by atoms with Crippen LogP contribution in [0.3, 0.4) is 0 Å². The maximum atomic E-state index is 12.9. The fourth-order valence-corrected chi connectivity index (χ4v) is 5.47. The summed E-state index contributed by atoms with van der Waals surface area (Å²) in [6.45, 7) is 5.89. The summed E-state index contributed by atoms with van der Waals surface area (Å²) in [6, 6.07) is 11.7. The molecule has 190 valence electrons. The van der Waals surface area contributed by atoms with E-state index >= 15 is 0 Å². The molecule has 4 rings (SSSR count). The normalized spacial score (nSPS) is 15.2. The molecule has 4 N–H and O–H groups in total. The van der Waals surface area contributed by atoms with Crippen molar-refractivity contribution >= 4 is 21.4 Å². The molecule has 0 aliphatic heterocycles. The van der Waals surface area contributed by atoms with Gasteiger partial charge in [-0.2, -0.15) is 4.72 Å². The van der Waals surface area contributed by atoms with Crippen molar-refractivity contribution in [3.8, 4) is 11.6 Å². The minimum absolute atomic E-state index is 0.0596. The van der Waals surface area contributed by atoms with E-state index in [1.54, 1.807) is 12.1 Å². The second-order valence-corrected chi connectivity index (χ2v) is 10.8. The maximum absolute atomic E-state index is 12.9. The van der Waals surface area contributed by atoms with Gasteiger partial charge in [0.05, 0.1) is 11.3 Å². The average Bonchev–Trinajstić information content (AvgIpc) is 3.10. The molecule has 0 bridgehead atoms. The topological polar surface area (TPSA) is 127 Å². The Morgan fingerprint density at radius 2 is 1.78 bits per heavy atom. The Hall–Kier alpha value is -3.27. The first-order valence-corrected chi connectivity index (χ1v) is 13.5. The number of hydrogen-bond acceptors (Lipinski definition) is 7. The predicted molar refractivity (Wildman–Crippen MR) is 140 cm³/mol. The van der Waals surface area contributed by atoms with E-state index in [0.717, 1.165) is 53.6 Å². The molecule has 0 saturated carbocycles. The van der Waals surface area contributed by atoms with E-state index in [1.165, 1.54) is 24.6 Å². The predicted octanol–water partition coefficient (Wildman–Crippen LogP) is 5.09. The maximum Gasteiger partial charge on any atom is 0.260 e. The van der Waals surface area contributed by atoms with Gasteiger partial charge in [0.1, 0.15) is 17.8 Å². The van der Waals surface area contributed by atoms with Gasteiger partial charge < -0.3 is 15.6 Å². The van der Waals surface area contributed by atoms with Gasteiger partial charge in [0, 0.05) is 0 Å². The van der Waals surface area contributed by atoms with E-state index < -0.39 is 16.3 Å². The number of aryl methyl sites for hydroxylation is 3. The number of aliphatic hydroxyl groups excluding tert-OH is 1. The van der Waals surface area contributed by atoms with Gasteiger partial charge in [-0.3, -0.25) is 0 Å². The smallest absolute Gasteiger partial charge is 0.260 e. The highest BCUT2D eigenvalue weighted by molar-refractivity contribution is 7.89. The molecule has 0 spiro atoms. The molecule has 0 radical (unpaired) electrons. The summed E-state index contributed by atoms with van der Waals surface area (Å²) in [5.41, 5.74) is 10.7. The number of anilines is 1. The van der Waals surface area contributed by atoms with E-state index in [-0.39, 0.29) is 22.3 Å². The van der Waals surface area contributed by atoms with E-state index in [4.69, 9.17) is 15.5 Å². The molecule has 8 nitrogen and oxygen atoms in total. The van der Waals surface area contributed by atoms with Crippen molar-refractivity contribution in [2.45, 2.75) is 64.1 Å². The molecule has 9 heteroatoms. The first-order valence-electron chi connectivity index (χ1n) is 12.0. The van der Waals surface area contributed by atoms with Crippen LogP contribution in [0.25, 0.3) is 5.57 Å². The molecule has 36 heavy (non-hydrogen) atoms. The third-order valence-electron chi connectivity index (χ3n) is 6.14. The summed E-state index contributed by atoms with van der Waals surface area (Å²) in [5.74, 6) is 0.821. The van der Waals surface area contributed by atoms with Crippen LogP contribution in [0, 0.1) is 20.8 Å². The van der Waals surface area contributed by atoms with Gasteiger partial charge in [0.15, 0.2) is 5.03 Å². The van der Waals surface area contributed by atoms with Crippen LogP contribution in [0.1, 0.15) is 66.3 Å². The van der Waals surface area contributed by atoms with Crippen LogP contribution in [0.15, 0.2) is 53.6 Å². The Kier molecular flexibility index (Phi) is 7.73. The summed E-state index contributed by atoms with van der Waals surface area (Å²) in [6.07, 6.45) is 5.87. The van der Waals surface area contributed by atoms with Crippen molar-refractivity contribution in [2.75, 3.05) is 5.73 Å². The van der Waals surface area contributed by atoms with Gasteiger partial charge in [-0.15, -0.1) is 0 Å². The Morgan fingerprint density at radius 1 is 1.03 bits per heavy atom. The highest BCUT2D eigenvalue weighted by atomic mass is 32.2. The fraction of sp³-hybridized carbons (Fsp3) is 0.333. The standard InChI is InChI=1S/C27H32N4O4S/c1-17-15-18(2)25(19(3)16-17)35-27-21(13-14-22(29-27)20-9-6-4-5-7-10-20)26(32)31-36(33,34)24-12-8-11-23(28)30-24/h8-9,11-16,26,31-32H,4-7,10H2,1-3H3,(H2,28,30). The minimum Gasteiger partial charge on any atom is -0.438 e. The number of aliphatic hydroxyl groups is 1. The largest absolute Gasteiger partial charge is 0.438 e. The molecular formula is C27H32N4O4S. The fourth-order valence-electron chi connectivity index (χ4n) is 4.44. The number of sulfonamides is 1. The third-order valence-corrected chi connectivity index (χ3v) is 7.46.